The maximum Gasteiger partial charge on any atom is 0.253 e. The second-order valence-electron chi connectivity index (χ2n) is 7.17. The van der Waals surface area contributed by atoms with Gasteiger partial charge in [-0.2, -0.15) is 4.37 Å². The lowest BCUT2D eigenvalue weighted by Crippen LogP contribution is -2.48. The average Bonchev–Trinajstić information content (AvgIpc) is 3.22. The number of hydrogen-bond donors (Lipinski definition) is 0. The van der Waals surface area contributed by atoms with Gasteiger partial charge in [-0.1, -0.05) is 29.8 Å². The number of aromatic nitrogens is 2. The Kier molecular flexibility index (Phi) is 5.76. The molecular formula is C22H24N4O2S. The van der Waals surface area contributed by atoms with Gasteiger partial charge in [0.1, 0.15) is 11.6 Å². The van der Waals surface area contributed by atoms with Gasteiger partial charge in [-0.15, -0.1) is 0 Å². The van der Waals surface area contributed by atoms with Crippen LogP contribution in [0.4, 0.5) is 5.13 Å². The fourth-order valence-electron chi connectivity index (χ4n) is 3.39. The van der Waals surface area contributed by atoms with Crippen molar-refractivity contribution in [2.45, 2.75) is 13.3 Å². The summed E-state index contributed by atoms with van der Waals surface area (Å²) in [6, 6.07) is 15.7. The fourth-order valence-corrected chi connectivity index (χ4v) is 4.13. The molecule has 2 heterocycles. The summed E-state index contributed by atoms with van der Waals surface area (Å²) in [6.07, 6.45) is 0.680. The van der Waals surface area contributed by atoms with Crippen LogP contribution in [0.1, 0.15) is 27.3 Å². The molecule has 0 unspecified atom stereocenters. The summed E-state index contributed by atoms with van der Waals surface area (Å²) in [7, 11) is 1.67. The number of methoxy groups -OCH3 is 1. The van der Waals surface area contributed by atoms with Crippen LogP contribution in [-0.4, -0.2) is 53.5 Å². The maximum atomic E-state index is 12.7. The van der Waals surface area contributed by atoms with Crippen molar-refractivity contribution in [1.82, 2.24) is 14.3 Å². The van der Waals surface area contributed by atoms with Gasteiger partial charge >= 0.3 is 0 Å². The van der Waals surface area contributed by atoms with Crippen LogP contribution in [0.2, 0.25) is 0 Å². The molecule has 6 nitrogen and oxygen atoms in total. The smallest absolute Gasteiger partial charge is 0.253 e. The van der Waals surface area contributed by atoms with Crippen LogP contribution in [0.15, 0.2) is 48.5 Å². The first-order valence-electron chi connectivity index (χ1n) is 9.69. The van der Waals surface area contributed by atoms with Crippen molar-refractivity contribution in [1.29, 1.82) is 0 Å². The Morgan fingerprint density at radius 3 is 2.59 bits per heavy atom. The molecule has 0 spiro atoms. The molecule has 0 bridgehead atoms. The Morgan fingerprint density at radius 1 is 1.10 bits per heavy atom. The van der Waals surface area contributed by atoms with E-state index in [2.05, 4.69) is 15.3 Å². The molecule has 4 rings (SSSR count). The number of ether oxygens (including phenoxy) is 1. The molecule has 3 aromatic rings. The fraction of sp³-hybridized carbons (Fsp3) is 0.318. The summed E-state index contributed by atoms with van der Waals surface area (Å²) >= 11 is 1.42. The quantitative estimate of drug-likeness (QED) is 0.648. The van der Waals surface area contributed by atoms with Crippen molar-refractivity contribution >= 4 is 22.6 Å². The molecule has 1 aliphatic heterocycles. The number of carbonyl (C=O) groups excluding carboxylic acids is 1. The summed E-state index contributed by atoms with van der Waals surface area (Å²) in [5.74, 6) is 1.75. The zero-order chi connectivity index (χ0) is 20.2. The van der Waals surface area contributed by atoms with Gasteiger partial charge < -0.3 is 14.5 Å². The average molecular weight is 409 g/mol. The Morgan fingerprint density at radius 2 is 1.86 bits per heavy atom. The number of hydrogen-bond acceptors (Lipinski definition) is 6. The van der Waals surface area contributed by atoms with E-state index in [1.165, 1.54) is 11.5 Å². The van der Waals surface area contributed by atoms with Crippen LogP contribution in [0, 0.1) is 6.92 Å². The molecular weight excluding hydrogens is 384 g/mol. The number of benzene rings is 2. The molecule has 1 aliphatic rings. The number of amides is 1. The molecule has 29 heavy (non-hydrogen) atoms. The molecule has 0 saturated carbocycles. The molecule has 0 atom stereocenters. The predicted molar refractivity (Wildman–Crippen MR) is 115 cm³/mol. The van der Waals surface area contributed by atoms with Gasteiger partial charge in [-0.05, 0) is 36.8 Å². The number of carbonyl (C=O) groups is 1. The third kappa shape index (κ3) is 4.56. The van der Waals surface area contributed by atoms with Crippen LogP contribution in [0.5, 0.6) is 5.75 Å². The maximum absolute atomic E-state index is 12.7. The van der Waals surface area contributed by atoms with Gasteiger partial charge in [0.15, 0.2) is 0 Å². The van der Waals surface area contributed by atoms with E-state index in [0.29, 0.717) is 19.5 Å². The number of anilines is 1. The first kappa shape index (κ1) is 19.4. The highest BCUT2D eigenvalue weighted by atomic mass is 32.1. The first-order valence-corrected chi connectivity index (χ1v) is 10.5. The molecule has 1 fully saturated rings. The second-order valence-corrected chi connectivity index (χ2v) is 7.90. The first-order chi connectivity index (χ1) is 14.1. The molecule has 1 saturated heterocycles. The monoisotopic (exact) mass is 408 g/mol. The van der Waals surface area contributed by atoms with E-state index >= 15 is 0 Å². The number of nitrogens with zero attached hydrogens (tertiary/aromatic N) is 4. The highest BCUT2D eigenvalue weighted by Crippen LogP contribution is 2.22. The normalized spacial score (nSPS) is 14.1. The van der Waals surface area contributed by atoms with E-state index in [9.17, 15) is 4.79 Å². The lowest BCUT2D eigenvalue weighted by molar-refractivity contribution is 0.0746. The summed E-state index contributed by atoms with van der Waals surface area (Å²) in [6.45, 7) is 4.95. The lowest BCUT2D eigenvalue weighted by atomic mass is 10.1. The second kappa shape index (κ2) is 8.61. The largest absolute Gasteiger partial charge is 0.497 e. The Labute approximate surface area is 174 Å². The van der Waals surface area contributed by atoms with E-state index in [1.807, 2.05) is 54.3 Å². The third-order valence-electron chi connectivity index (χ3n) is 5.09. The van der Waals surface area contributed by atoms with E-state index in [4.69, 9.17) is 9.72 Å². The summed E-state index contributed by atoms with van der Waals surface area (Å²) in [5.41, 5.74) is 3.04. The minimum Gasteiger partial charge on any atom is -0.497 e. The van der Waals surface area contributed by atoms with Crippen molar-refractivity contribution in [3.05, 3.63) is 71.0 Å². The van der Waals surface area contributed by atoms with Crippen molar-refractivity contribution in [3.8, 4) is 5.75 Å². The summed E-state index contributed by atoms with van der Waals surface area (Å²) < 4.78 is 9.80. The minimum atomic E-state index is 0.0978. The molecule has 0 N–H and O–H groups in total. The standard InChI is InChI=1S/C22H24N4O2S/c1-16-6-8-18(9-7-16)21(27)25-10-12-26(13-11-25)22-23-20(24-29-22)15-17-4-3-5-19(14-17)28-2/h3-9,14H,10-13,15H2,1-2H3. The highest BCUT2D eigenvalue weighted by molar-refractivity contribution is 7.09. The SMILES string of the molecule is COc1cccc(Cc2nsc(N3CCN(C(=O)c4ccc(C)cc4)CC3)n2)c1. The van der Waals surface area contributed by atoms with Crippen LogP contribution in [0.3, 0.4) is 0 Å². The minimum absolute atomic E-state index is 0.0978. The van der Waals surface area contributed by atoms with Gasteiger partial charge in [0.25, 0.3) is 5.91 Å². The van der Waals surface area contributed by atoms with E-state index in [1.54, 1.807) is 7.11 Å². The predicted octanol–water partition coefficient (Wildman–Crippen LogP) is 3.41. The molecule has 2 aromatic carbocycles. The zero-order valence-corrected chi connectivity index (χ0v) is 17.5. The van der Waals surface area contributed by atoms with Gasteiger partial charge in [-0.25, -0.2) is 4.98 Å². The van der Waals surface area contributed by atoms with Gasteiger partial charge in [-0.3, -0.25) is 4.79 Å². The molecule has 7 heteroatoms. The third-order valence-corrected chi connectivity index (χ3v) is 5.90. The van der Waals surface area contributed by atoms with Crippen molar-refractivity contribution in [3.63, 3.8) is 0 Å². The highest BCUT2D eigenvalue weighted by Gasteiger charge is 2.24. The molecule has 1 aromatic heterocycles. The van der Waals surface area contributed by atoms with Crippen LogP contribution < -0.4 is 9.64 Å². The van der Waals surface area contributed by atoms with Gasteiger partial charge in [0.05, 0.1) is 7.11 Å². The van der Waals surface area contributed by atoms with Crippen molar-refractivity contribution in [2.75, 3.05) is 38.2 Å². The summed E-state index contributed by atoms with van der Waals surface area (Å²) in [5, 5.41) is 0.922. The van der Waals surface area contributed by atoms with Gasteiger partial charge in [0.2, 0.25) is 5.13 Å². The number of rotatable bonds is 5. The molecule has 0 radical (unpaired) electrons. The van der Waals surface area contributed by atoms with Crippen molar-refractivity contribution < 1.29 is 9.53 Å². The molecule has 150 valence electrons. The topological polar surface area (TPSA) is 58.6 Å². The van der Waals surface area contributed by atoms with Gasteiger partial charge in [0, 0.05) is 49.7 Å². The molecule has 1 amide bonds. The zero-order valence-electron chi connectivity index (χ0n) is 16.7. The Bertz CT molecular complexity index is 978. The number of piperazine rings is 1. The Hall–Kier alpha value is -2.93. The Balaban J connectivity index is 1.35. The lowest BCUT2D eigenvalue weighted by Gasteiger charge is -2.34. The van der Waals surface area contributed by atoms with E-state index < -0.39 is 0 Å². The van der Waals surface area contributed by atoms with Crippen LogP contribution in [0.25, 0.3) is 0 Å². The van der Waals surface area contributed by atoms with Crippen LogP contribution in [-0.2, 0) is 6.42 Å². The molecule has 0 aliphatic carbocycles. The number of aryl methyl sites for hydroxylation is 1. The van der Waals surface area contributed by atoms with Crippen LogP contribution >= 0.6 is 11.5 Å². The van der Waals surface area contributed by atoms with Crippen molar-refractivity contribution in [2.24, 2.45) is 0 Å². The van der Waals surface area contributed by atoms with E-state index in [-0.39, 0.29) is 5.91 Å². The van der Waals surface area contributed by atoms with E-state index in [0.717, 1.165) is 46.5 Å². The summed E-state index contributed by atoms with van der Waals surface area (Å²) in [4.78, 5) is 21.5.